The van der Waals surface area contributed by atoms with E-state index in [9.17, 15) is 30.0 Å². The Morgan fingerprint density at radius 2 is 1.47 bits per heavy atom. The van der Waals surface area contributed by atoms with Gasteiger partial charge in [0.1, 0.15) is 29.7 Å². The number of hydrogen-bond donors (Lipinski definition) is 5. The minimum absolute atomic E-state index is 0.109. The van der Waals surface area contributed by atoms with Crippen LogP contribution in [0.5, 0.6) is 0 Å². The third kappa shape index (κ3) is 9.33. The molecule has 3 aliphatic heterocycles. The van der Waals surface area contributed by atoms with Gasteiger partial charge in [0.2, 0.25) is 0 Å². The number of esters is 1. The summed E-state index contributed by atoms with van der Waals surface area (Å²) in [6.45, 7) is 17.0. The van der Waals surface area contributed by atoms with Crippen molar-refractivity contribution in [3.05, 3.63) is 0 Å². The van der Waals surface area contributed by atoms with Crippen LogP contribution in [0.25, 0.3) is 0 Å². The average molecular weight is 734 g/mol. The van der Waals surface area contributed by atoms with Crippen LogP contribution < -0.4 is 5.32 Å². The van der Waals surface area contributed by atoms with E-state index < -0.39 is 102 Å². The molecule has 298 valence electrons. The van der Waals surface area contributed by atoms with Gasteiger partial charge >= 0.3 is 5.97 Å². The van der Waals surface area contributed by atoms with Crippen LogP contribution in [0.15, 0.2) is 0 Å². The molecule has 3 fully saturated rings. The molecule has 0 spiro atoms. The highest BCUT2D eigenvalue weighted by atomic mass is 16.7. The highest BCUT2D eigenvalue weighted by Gasteiger charge is 2.54. The quantitative estimate of drug-likeness (QED) is 0.228. The van der Waals surface area contributed by atoms with E-state index >= 15 is 0 Å². The number of nitrogens with one attached hydrogen (secondary N) is 1. The Kier molecular flexibility index (Phi) is 15.1. The summed E-state index contributed by atoms with van der Waals surface area (Å²) in [5, 5.41) is 48.4. The lowest BCUT2D eigenvalue weighted by Crippen LogP contribution is -2.61. The molecule has 3 saturated heterocycles. The summed E-state index contributed by atoms with van der Waals surface area (Å²) in [6, 6.07) is -0.334. The zero-order chi connectivity index (χ0) is 38.8. The molecular weight excluding hydrogens is 666 g/mol. The van der Waals surface area contributed by atoms with Crippen molar-refractivity contribution in [2.45, 2.75) is 179 Å². The molecule has 0 aliphatic carbocycles. The van der Waals surface area contributed by atoms with Gasteiger partial charge in [-0.3, -0.25) is 9.59 Å². The predicted molar refractivity (Wildman–Crippen MR) is 186 cm³/mol. The second-order valence-corrected chi connectivity index (χ2v) is 16.0. The Morgan fingerprint density at radius 3 is 2.02 bits per heavy atom. The Balaban J connectivity index is 2.21. The molecule has 3 heterocycles. The highest BCUT2D eigenvalue weighted by molar-refractivity contribution is 5.83. The van der Waals surface area contributed by atoms with Gasteiger partial charge in [-0.05, 0) is 67.9 Å². The summed E-state index contributed by atoms with van der Waals surface area (Å²) in [5.74, 6) is -4.47. The highest BCUT2D eigenvalue weighted by Crippen LogP contribution is 2.41. The van der Waals surface area contributed by atoms with Crippen molar-refractivity contribution < 1.29 is 63.2 Å². The number of hydrogen-bond acceptors (Lipinski definition) is 14. The lowest BCUT2D eigenvalue weighted by molar-refractivity contribution is -0.317. The van der Waals surface area contributed by atoms with Gasteiger partial charge in [0.25, 0.3) is 0 Å². The molecule has 3 rings (SSSR count). The van der Waals surface area contributed by atoms with E-state index in [0.29, 0.717) is 6.42 Å². The first-order valence-corrected chi connectivity index (χ1v) is 18.5. The first kappa shape index (κ1) is 44.1. The molecule has 0 bridgehead atoms. The number of carbonyl (C=O) groups is 2. The van der Waals surface area contributed by atoms with Crippen molar-refractivity contribution in [1.82, 2.24) is 5.32 Å². The minimum atomic E-state index is -1.96. The maximum Gasteiger partial charge on any atom is 0.311 e. The van der Waals surface area contributed by atoms with E-state index in [-0.39, 0.29) is 37.2 Å². The number of rotatable bonds is 8. The summed E-state index contributed by atoms with van der Waals surface area (Å²) >= 11 is 0. The van der Waals surface area contributed by atoms with E-state index in [2.05, 4.69) is 5.32 Å². The summed E-state index contributed by atoms with van der Waals surface area (Å²) in [6.07, 6.45) is -8.78. The lowest BCUT2D eigenvalue weighted by Gasteiger charge is -2.49. The van der Waals surface area contributed by atoms with Crippen LogP contribution in [0.4, 0.5) is 0 Å². The topological polar surface area (TPSA) is 192 Å². The normalized spacial score (nSPS) is 49.6. The predicted octanol–water partition coefficient (Wildman–Crippen LogP) is 2.10. The Bertz CT molecular complexity index is 1160. The van der Waals surface area contributed by atoms with Gasteiger partial charge in [-0.2, -0.15) is 0 Å². The fourth-order valence-corrected chi connectivity index (χ4v) is 8.38. The molecule has 0 aromatic heterocycles. The Hall–Kier alpha value is -1.30. The largest absolute Gasteiger partial charge is 0.459 e. The fourth-order valence-electron chi connectivity index (χ4n) is 8.38. The van der Waals surface area contributed by atoms with Crippen molar-refractivity contribution in [1.29, 1.82) is 0 Å². The van der Waals surface area contributed by atoms with Crippen LogP contribution in [0.3, 0.4) is 0 Å². The molecule has 14 heteroatoms. The zero-order valence-electron chi connectivity index (χ0n) is 33.0. The van der Waals surface area contributed by atoms with Crippen LogP contribution in [0, 0.1) is 23.7 Å². The van der Waals surface area contributed by atoms with Gasteiger partial charge in [-0.15, -0.1) is 0 Å². The molecular formula is C37H67NO13. The number of cyclic esters (lactones) is 1. The van der Waals surface area contributed by atoms with Gasteiger partial charge in [-0.25, -0.2) is 0 Å². The molecule has 0 unspecified atom stereocenters. The van der Waals surface area contributed by atoms with E-state index in [1.165, 1.54) is 21.1 Å². The van der Waals surface area contributed by atoms with Crippen molar-refractivity contribution in [2.75, 3.05) is 21.3 Å². The first-order chi connectivity index (χ1) is 23.6. The zero-order valence-corrected chi connectivity index (χ0v) is 33.0. The number of likely N-dealkylation sites (N-methyl/N-ethyl adjacent to an activating group) is 1. The Morgan fingerprint density at radius 1 is 0.863 bits per heavy atom. The third-order valence-electron chi connectivity index (χ3n) is 12.0. The molecule has 0 saturated carbocycles. The maximum absolute atomic E-state index is 14.1. The van der Waals surface area contributed by atoms with Gasteiger partial charge < -0.3 is 58.9 Å². The molecule has 51 heavy (non-hydrogen) atoms. The SMILES string of the molecule is CC[C@@H]1OC(=O)[C@H](C)[C@H](O[C@H]2C[C@](C)(OC)[C@@H](O)[C@H](C)O2)[C@@H](C)[C@H](O[C@@H]2O[C@H](C)C[C@H](NC)[C@@H]2O)[C@@](C)(OC)C[C@H](C)C(=O)[C@H](C)[C@@H](O)[C@@]1(C)O. The Labute approximate surface area is 304 Å². The second-order valence-electron chi connectivity index (χ2n) is 16.0. The van der Waals surface area contributed by atoms with Gasteiger partial charge in [0, 0.05) is 44.4 Å². The van der Waals surface area contributed by atoms with Gasteiger partial charge in [-0.1, -0.05) is 27.7 Å². The molecule has 18 atom stereocenters. The van der Waals surface area contributed by atoms with Crippen molar-refractivity contribution in [3.8, 4) is 0 Å². The van der Waals surface area contributed by atoms with E-state index in [0.717, 1.165) is 0 Å². The number of ketones is 1. The van der Waals surface area contributed by atoms with Crippen molar-refractivity contribution in [2.24, 2.45) is 23.7 Å². The van der Waals surface area contributed by atoms with Crippen LogP contribution in [-0.2, 0) is 42.7 Å². The molecule has 0 radical (unpaired) electrons. The number of aliphatic hydroxyl groups excluding tert-OH is 3. The third-order valence-corrected chi connectivity index (χ3v) is 12.0. The monoisotopic (exact) mass is 733 g/mol. The number of methoxy groups -OCH3 is 2. The molecule has 0 aromatic carbocycles. The molecule has 3 aliphatic rings. The smallest absolute Gasteiger partial charge is 0.311 e. The number of carbonyl (C=O) groups excluding carboxylic acids is 2. The molecule has 0 amide bonds. The summed E-state index contributed by atoms with van der Waals surface area (Å²) < 4.78 is 43.7. The minimum Gasteiger partial charge on any atom is -0.459 e. The van der Waals surface area contributed by atoms with E-state index in [1.807, 2.05) is 13.8 Å². The second kappa shape index (κ2) is 17.4. The molecule has 0 aromatic rings. The van der Waals surface area contributed by atoms with E-state index in [4.69, 9.17) is 33.2 Å². The molecule has 14 nitrogen and oxygen atoms in total. The standard InChI is InChI=1S/C37H67NO13/c1-14-25-37(10,44)30(41)20(4)27(39)18(2)16-36(9,46-13)32(51-34-28(40)24(38-11)15-19(3)47-34)21(5)29(22(6)33(43)49-25)50-26-17-35(8,45-12)31(42)23(7)48-26/h18-26,28-32,34,38,40-42,44H,14-17H2,1-13H3/t18-,19+,20-,21+,22+,23-,24-,25-,26-,28-,29+,30+,31-,32-,34-,35-,36-,37-/m0/s1. The van der Waals surface area contributed by atoms with Gasteiger partial charge in [0.05, 0.1) is 47.6 Å². The number of Topliss-reactive ketones (excluding diaryl/α,β-unsaturated/α-hetero) is 1. The van der Waals surface area contributed by atoms with Crippen LogP contribution >= 0.6 is 0 Å². The van der Waals surface area contributed by atoms with Crippen LogP contribution in [0.2, 0.25) is 0 Å². The maximum atomic E-state index is 14.1. The van der Waals surface area contributed by atoms with Crippen LogP contribution in [0.1, 0.15) is 94.9 Å². The fraction of sp³-hybridized carbons (Fsp3) is 0.946. The van der Waals surface area contributed by atoms with Crippen molar-refractivity contribution in [3.63, 3.8) is 0 Å². The summed E-state index contributed by atoms with van der Waals surface area (Å²) in [4.78, 5) is 28.1. The van der Waals surface area contributed by atoms with E-state index in [1.54, 1.807) is 55.5 Å². The van der Waals surface area contributed by atoms with Gasteiger partial charge in [0.15, 0.2) is 12.6 Å². The van der Waals surface area contributed by atoms with Crippen molar-refractivity contribution >= 4 is 11.8 Å². The molecule has 5 N–H and O–H groups in total. The lowest BCUT2D eigenvalue weighted by atomic mass is 9.74. The summed E-state index contributed by atoms with van der Waals surface area (Å²) in [5.41, 5.74) is -4.24. The average Bonchev–Trinajstić information content (AvgIpc) is 3.09. The van der Waals surface area contributed by atoms with Crippen LogP contribution in [-0.4, -0.2) is 138 Å². The first-order valence-electron chi connectivity index (χ1n) is 18.5. The summed E-state index contributed by atoms with van der Waals surface area (Å²) in [7, 11) is 4.75. The number of aliphatic hydroxyl groups is 4. The number of ether oxygens (including phenoxy) is 7.